The van der Waals surface area contributed by atoms with E-state index in [1.165, 1.54) is 11.3 Å². The molecule has 1 atom stereocenters. The van der Waals surface area contributed by atoms with Crippen LogP contribution in [0, 0.1) is 6.92 Å². The zero-order chi connectivity index (χ0) is 20.9. The Morgan fingerprint density at radius 3 is 2.77 bits per heavy atom. The number of fused-ring (bicyclic) bond motifs is 1. The van der Waals surface area contributed by atoms with Gasteiger partial charge in [-0.05, 0) is 30.7 Å². The van der Waals surface area contributed by atoms with Crippen LogP contribution in [-0.4, -0.2) is 29.6 Å². The Morgan fingerprint density at radius 2 is 1.93 bits per heavy atom. The smallest absolute Gasteiger partial charge is 0.351 e. The van der Waals surface area contributed by atoms with Crippen molar-refractivity contribution in [3.8, 4) is 11.5 Å². The molecule has 0 saturated heterocycles. The third-order valence-corrected chi connectivity index (χ3v) is 5.36. The zero-order valence-corrected chi connectivity index (χ0v) is 17.1. The second-order valence-corrected chi connectivity index (χ2v) is 7.69. The SMILES string of the molecule is Cc1ccccc1NC(=O)Cc1nc(COC(=O)[C@@H]2COc3ccccc3O2)cs1. The minimum Gasteiger partial charge on any atom is -0.485 e. The van der Waals surface area contributed by atoms with E-state index in [0.29, 0.717) is 22.2 Å². The average Bonchev–Trinajstić information content (AvgIpc) is 3.20. The Balaban J connectivity index is 1.27. The Kier molecular flexibility index (Phi) is 5.94. The van der Waals surface area contributed by atoms with Crippen molar-refractivity contribution in [3.05, 3.63) is 70.2 Å². The number of thiazole rings is 1. The first-order valence-electron chi connectivity index (χ1n) is 9.42. The van der Waals surface area contributed by atoms with Gasteiger partial charge in [0.25, 0.3) is 0 Å². The van der Waals surface area contributed by atoms with Crippen molar-refractivity contribution < 1.29 is 23.8 Å². The van der Waals surface area contributed by atoms with E-state index in [9.17, 15) is 9.59 Å². The molecule has 0 aliphatic carbocycles. The molecular formula is C22H20N2O5S. The molecule has 2 aromatic carbocycles. The van der Waals surface area contributed by atoms with Crippen LogP contribution in [0.1, 0.15) is 16.3 Å². The molecule has 0 spiro atoms. The number of benzene rings is 2. The second kappa shape index (κ2) is 8.96. The van der Waals surface area contributed by atoms with E-state index in [0.717, 1.165) is 11.3 Å². The monoisotopic (exact) mass is 424 g/mol. The van der Waals surface area contributed by atoms with E-state index in [-0.39, 0.29) is 25.5 Å². The van der Waals surface area contributed by atoms with Crippen LogP contribution in [0.5, 0.6) is 11.5 Å². The first-order valence-corrected chi connectivity index (χ1v) is 10.3. The third kappa shape index (κ3) is 4.77. The molecule has 154 valence electrons. The van der Waals surface area contributed by atoms with Gasteiger partial charge in [-0.2, -0.15) is 0 Å². The summed E-state index contributed by atoms with van der Waals surface area (Å²) in [5.74, 6) is 0.459. The number of nitrogens with zero attached hydrogens (tertiary/aromatic N) is 1. The summed E-state index contributed by atoms with van der Waals surface area (Å²) in [6.45, 7) is 2.04. The van der Waals surface area contributed by atoms with E-state index in [1.54, 1.807) is 17.5 Å². The highest BCUT2D eigenvalue weighted by atomic mass is 32.1. The summed E-state index contributed by atoms with van der Waals surface area (Å²) in [4.78, 5) is 28.9. The van der Waals surface area contributed by atoms with Crippen LogP contribution in [0.15, 0.2) is 53.9 Å². The van der Waals surface area contributed by atoms with E-state index in [4.69, 9.17) is 14.2 Å². The van der Waals surface area contributed by atoms with Crippen molar-refractivity contribution in [3.63, 3.8) is 0 Å². The number of aromatic nitrogens is 1. The number of para-hydroxylation sites is 3. The van der Waals surface area contributed by atoms with Crippen LogP contribution in [-0.2, 0) is 27.4 Å². The molecule has 0 bridgehead atoms. The first-order chi connectivity index (χ1) is 14.6. The first kappa shape index (κ1) is 19.9. The summed E-state index contributed by atoms with van der Waals surface area (Å²) >= 11 is 1.35. The van der Waals surface area contributed by atoms with Gasteiger partial charge in [-0.3, -0.25) is 4.79 Å². The topological polar surface area (TPSA) is 86.8 Å². The maximum absolute atomic E-state index is 12.3. The molecule has 8 heteroatoms. The standard InChI is InChI=1S/C22H20N2O5S/c1-14-6-2-3-7-16(14)24-20(25)10-21-23-15(13-30-21)11-28-22(26)19-12-27-17-8-4-5-9-18(17)29-19/h2-9,13,19H,10-12H2,1H3,(H,24,25)/t19-/m0/s1. The van der Waals surface area contributed by atoms with Gasteiger partial charge in [-0.1, -0.05) is 30.3 Å². The van der Waals surface area contributed by atoms with Gasteiger partial charge in [-0.15, -0.1) is 11.3 Å². The Labute approximate surface area is 177 Å². The fourth-order valence-electron chi connectivity index (χ4n) is 2.91. The molecular weight excluding hydrogens is 404 g/mol. The van der Waals surface area contributed by atoms with Gasteiger partial charge < -0.3 is 19.5 Å². The number of amides is 1. The third-order valence-electron chi connectivity index (χ3n) is 4.46. The van der Waals surface area contributed by atoms with Crippen molar-refractivity contribution in [2.45, 2.75) is 26.1 Å². The van der Waals surface area contributed by atoms with Crippen molar-refractivity contribution in [2.75, 3.05) is 11.9 Å². The molecule has 1 amide bonds. The Morgan fingerprint density at radius 1 is 1.17 bits per heavy atom. The molecule has 0 unspecified atom stereocenters. The molecule has 1 aliphatic rings. The van der Waals surface area contributed by atoms with Gasteiger partial charge in [0.15, 0.2) is 11.5 Å². The number of ether oxygens (including phenoxy) is 3. The molecule has 1 N–H and O–H groups in total. The van der Waals surface area contributed by atoms with Gasteiger partial charge in [-0.25, -0.2) is 9.78 Å². The summed E-state index contributed by atoms with van der Waals surface area (Å²) < 4.78 is 16.5. The van der Waals surface area contributed by atoms with Crippen LogP contribution in [0.3, 0.4) is 0 Å². The number of carbonyl (C=O) groups is 2. The molecule has 30 heavy (non-hydrogen) atoms. The van der Waals surface area contributed by atoms with E-state index < -0.39 is 12.1 Å². The predicted octanol–water partition coefficient (Wildman–Crippen LogP) is 3.52. The van der Waals surface area contributed by atoms with Gasteiger partial charge in [0.1, 0.15) is 18.2 Å². The average molecular weight is 424 g/mol. The van der Waals surface area contributed by atoms with Gasteiger partial charge in [0.2, 0.25) is 12.0 Å². The summed E-state index contributed by atoms with van der Waals surface area (Å²) in [5.41, 5.74) is 2.36. The van der Waals surface area contributed by atoms with Gasteiger partial charge in [0, 0.05) is 11.1 Å². The highest BCUT2D eigenvalue weighted by Gasteiger charge is 2.28. The lowest BCUT2D eigenvalue weighted by Gasteiger charge is -2.24. The number of carbonyl (C=O) groups excluding carboxylic acids is 2. The summed E-state index contributed by atoms with van der Waals surface area (Å²) in [6, 6.07) is 14.7. The van der Waals surface area contributed by atoms with Crippen molar-refractivity contribution in [2.24, 2.45) is 0 Å². The summed E-state index contributed by atoms with van der Waals surface area (Å²) in [6.07, 6.45) is -0.665. The maximum Gasteiger partial charge on any atom is 0.351 e. The van der Waals surface area contributed by atoms with E-state index in [1.807, 2.05) is 43.3 Å². The Hall–Kier alpha value is -3.39. The molecule has 7 nitrogen and oxygen atoms in total. The lowest BCUT2D eigenvalue weighted by Crippen LogP contribution is -2.37. The minimum absolute atomic E-state index is 0.0102. The number of hydrogen-bond acceptors (Lipinski definition) is 7. The fraction of sp³-hybridized carbons (Fsp3) is 0.227. The van der Waals surface area contributed by atoms with Gasteiger partial charge in [0.05, 0.1) is 12.1 Å². The molecule has 2 heterocycles. The molecule has 1 aromatic heterocycles. The van der Waals surface area contributed by atoms with Crippen LogP contribution in [0.25, 0.3) is 0 Å². The van der Waals surface area contributed by atoms with Crippen LogP contribution in [0.4, 0.5) is 5.69 Å². The quantitative estimate of drug-likeness (QED) is 0.610. The van der Waals surface area contributed by atoms with Crippen LogP contribution in [0.2, 0.25) is 0 Å². The summed E-state index contributed by atoms with van der Waals surface area (Å²) in [7, 11) is 0. The Bertz CT molecular complexity index is 1060. The lowest BCUT2D eigenvalue weighted by atomic mass is 10.2. The van der Waals surface area contributed by atoms with Gasteiger partial charge >= 0.3 is 5.97 Å². The van der Waals surface area contributed by atoms with Crippen LogP contribution >= 0.6 is 11.3 Å². The van der Waals surface area contributed by atoms with E-state index >= 15 is 0 Å². The van der Waals surface area contributed by atoms with Crippen molar-refractivity contribution in [1.29, 1.82) is 0 Å². The van der Waals surface area contributed by atoms with Crippen LogP contribution < -0.4 is 14.8 Å². The molecule has 0 saturated carbocycles. The molecule has 0 radical (unpaired) electrons. The number of rotatable bonds is 6. The zero-order valence-electron chi connectivity index (χ0n) is 16.3. The lowest BCUT2D eigenvalue weighted by molar-refractivity contribution is -0.156. The summed E-state index contributed by atoms with van der Waals surface area (Å²) in [5, 5.41) is 5.31. The largest absolute Gasteiger partial charge is 0.485 e. The molecule has 1 aliphatic heterocycles. The normalized spacial score (nSPS) is 14.8. The second-order valence-electron chi connectivity index (χ2n) is 6.74. The number of anilines is 1. The van der Waals surface area contributed by atoms with Crippen molar-refractivity contribution >= 4 is 28.9 Å². The number of hydrogen-bond donors (Lipinski definition) is 1. The number of aryl methyl sites for hydroxylation is 1. The number of esters is 1. The molecule has 4 rings (SSSR count). The van der Waals surface area contributed by atoms with E-state index in [2.05, 4.69) is 10.3 Å². The minimum atomic E-state index is -0.821. The number of nitrogens with one attached hydrogen (secondary N) is 1. The predicted molar refractivity (Wildman–Crippen MR) is 112 cm³/mol. The highest BCUT2D eigenvalue weighted by Crippen LogP contribution is 2.31. The maximum atomic E-state index is 12.3. The fourth-order valence-corrected chi connectivity index (χ4v) is 3.69. The molecule has 0 fully saturated rings. The molecule has 3 aromatic rings. The van der Waals surface area contributed by atoms with Crippen molar-refractivity contribution in [1.82, 2.24) is 4.98 Å². The highest BCUT2D eigenvalue weighted by molar-refractivity contribution is 7.09.